The third-order valence-electron chi connectivity index (χ3n) is 4.52. The second-order valence-corrected chi connectivity index (χ2v) is 6.87. The van der Waals surface area contributed by atoms with Crippen LogP contribution in [0.3, 0.4) is 0 Å². The number of carbonyl (C=O) groups is 2. The van der Waals surface area contributed by atoms with E-state index in [1.165, 1.54) is 37.6 Å². The number of nitrogens with zero attached hydrogens (tertiary/aromatic N) is 1. The molecule has 1 unspecified atom stereocenters. The number of benzene rings is 1. The molecule has 0 aromatic heterocycles. The molecular weight excluding hydrogens is 358 g/mol. The van der Waals surface area contributed by atoms with E-state index in [0.717, 1.165) is 18.4 Å². The van der Waals surface area contributed by atoms with Crippen LogP contribution in [0.15, 0.2) is 30.3 Å². The van der Waals surface area contributed by atoms with Crippen LogP contribution in [0.2, 0.25) is 0 Å². The normalized spacial score (nSPS) is 11.7. The van der Waals surface area contributed by atoms with Gasteiger partial charge in [0, 0.05) is 7.05 Å². The van der Waals surface area contributed by atoms with Gasteiger partial charge in [-0.25, -0.2) is 9.59 Å². The van der Waals surface area contributed by atoms with Crippen molar-refractivity contribution in [3.8, 4) is 0 Å². The molecule has 0 saturated carbocycles. The molecular formula is C22H35NO5. The van der Waals surface area contributed by atoms with Crippen LogP contribution in [-0.2, 0) is 25.6 Å². The molecule has 6 nitrogen and oxygen atoms in total. The molecule has 1 rings (SSSR count). The van der Waals surface area contributed by atoms with Gasteiger partial charge in [-0.15, -0.1) is 0 Å². The Morgan fingerprint density at radius 3 is 2.32 bits per heavy atom. The van der Waals surface area contributed by atoms with Crippen molar-refractivity contribution in [1.82, 2.24) is 4.90 Å². The van der Waals surface area contributed by atoms with Gasteiger partial charge in [-0.05, 0) is 18.9 Å². The molecule has 0 aliphatic carbocycles. The molecule has 6 heteroatoms. The van der Waals surface area contributed by atoms with Crippen molar-refractivity contribution in [2.45, 2.75) is 65.0 Å². The minimum Gasteiger partial charge on any atom is -0.464 e. The molecule has 0 radical (unpaired) electrons. The fourth-order valence-corrected chi connectivity index (χ4v) is 2.55. The van der Waals surface area contributed by atoms with Gasteiger partial charge >= 0.3 is 12.1 Å². The van der Waals surface area contributed by atoms with Crippen LogP contribution in [0.1, 0.15) is 57.9 Å². The third kappa shape index (κ3) is 10.3. The quantitative estimate of drug-likeness (QED) is 0.342. The predicted octanol–water partition coefficient (Wildman–Crippen LogP) is 4.56. The van der Waals surface area contributed by atoms with Gasteiger partial charge in [-0.2, -0.15) is 0 Å². The number of esters is 1. The first kappa shape index (κ1) is 24.0. The molecule has 0 aliphatic rings. The standard InChI is InChI=1S/C22H35NO5/c1-4-5-6-7-8-12-15-27-21(24)19(2)23(3)22(25)28-17-16-26-18-20-13-10-9-11-14-20/h9-11,13-14,19H,4-8,12,15-18H2,1-3H3. The summed E-state index contributed by atoms with van der Waals surface area (Å²) in [5, 5.41) is 0. The van der Waals surface area contributed by atoms with E-state index in [1.807, 2.05) is 30.3 Å². The van der Waals surface area contributed by atoms with Gasteiger partial charge < -0.3 is 14.2 Å². The lowest BCUT2D eigenvalue weighted by atomic mass is 10.1. The zero-order chi connectivity index (χ0) is 20.6. The molecule has 158 valence electrons. The number of unbranched alkanes of at least 4 members (excludes halogenated alkanes) is 5. The number of hydrogen-bond donors (Lipinski definition) is 0. The molecule has 0 aliphatic heterocycles. The van der Waals surface area contributed by atoms with E-state index in [9.17, 15) is 9.59 Å². The Hall–Kier alpha value is -2.08. The van der Waals surface area contributed by atoms with Gasteiger partial charge in [-0.3, -0.25) is 4.90 Å². The van der Waals surface area contributed by atoms with Gasteiger partial charge in [0.15, 0.2) is 0 Å². The van der Waals surface area contributed by atoms with E-state index in [2.05, 4.69) is 6.92 Å². The predicted molar refractivity (Wildman–Crippen MR) is 109 cm³/mol. The topological polar surface area (TPSA) is 65.1 Å². The molecule has 0 fully saturated rings. The Labute approximate surface area is 169 Å². The third-order valence-corrected chi connectivity index (χ3v) is 4.52. The van der Waals surface area contributed by atoms with E-state index in [-0.39, 0.29) is 6.61 Å². The van der Waals surface area contributed by atoms with Crippen molar-refractivity contribution in [2.75, 3.05) is 26.9 Å². The highest BCUT2D eigenvalue weighted by molar-refractivity contribution is 5.80. The summed E-state index contributed by atoms with van der Waals surface area (Å²) in [5.41, 5.74) is 1.06. The Morgan fingerprint density at radius 1 is 0.929 bits per heavy atom. The molecule has 1 amide bonds. The van der Waals surface area contributed by atoms with Crippen LogP contribution in [-0.4, -0.2) is 49.9 Å². The van der Waals surface area contributed by atoms with Crippen molar-refractivity contribution in [2.24, 2.45) is 0 Å². The van der Waals surface area contributed by atoms with Crippen molar-refractivity contribution in [3.63, 3.8) is 0 Å². The second kappa shape index (κ2) is 14.9. The van der Waals surface area contributed by atoms with Gasteiger partial charge in [-0.1, -0.05) is 69.4 Å². The summed E-state index contributed by atoms with van der Waals surface area (Å²) >= 11 is 0. The smallest absolute Gasteiger partial charge is 0.410 e. The van der Waals surface area contributed by atoms with Crippen LogP contribution in [0, 0.1) is 0 Å². The van der Waals surface area contributed by atoms with Gasteiger partial charge in [0.25, 0.3) is 0 Å². The average Bonchev–Trinajstić information content (AvgIpc) is 2.72. The fourth-order valence-electron chi connectivity index (χ4n) is 2.55. The number of ether oxygens (including phenoxy) is 3. The monoisotopic (exact) mass is 393 g/mol. The number of likely N-dealkylation sites (N-methyl/N-ethyl adjacent to an activating group) is 1. The van der Waals surface area contributed by atoms with E-state index >= 15 is 0 Å². The van der Waals surface area contributed by atoms with Crippen LogP contribution in [0.4, 0.5) is 4.79 Å². The first-order valence-corrected chi connectivity index (χ1v) is 10.2. The van der Waals surface area contributed by atoms with Crippen LogP contribution < -0.4 is 0 Å². The van der Waals surface area contributed by atoms with Crippen molar-refractivity contribution < 1.29 is 23.8 Å². The number of amides is 1. The molecule has 0 spiro atoms. The highest BCUT2D eigenvalue weighted by Crippen LogP contribution is 2.07. The minimum atomic E-state index is -0.683. The maximum Gasteiger partial charge on any atom is 0.410 e. The summed E-state index contributed by atoms with van der Waals surface area (Å²) in [6.07, 6.45) is 6.21. The Kier molecular flexibility index (Phi) is 12.8. The summed E-state index contributed by atoms with van der Waals surface area (Å²) in [6, 6.07) is 9.09. The maximum atomic E-state index is 12.1. The average molecular weight is 394 g/mol. The first-order chi connectivity index (χ1) is 13.6. The van der Waals surface area contributed by atoms with Crippen LogP contribution >= 0.6 is 0 Å². The molecule has 1 aromatic carbocycles. The molecule has 0 N–H and O–H groups in total. The Balaban J connectivity index is 2.12. The van der Waals surface area contributed by atoms with E-state index < -0.39 is 18.1 Å². The lowest BCUT2D eigenvalue weighted by Gasteiger charge is -2.22. The molecule has 1 aromatic rings. The molecule has 0 bridgehead atoms. The lowest BCUT2D eigenvalue weighted by Crippen LogP contribution is -2.42. The van der Waals surface area contributed by atoms with Crippen LogP contribution in [0.25, 0.3) is 0 Å². The lowest BCUT2D eigenvalue weighted by molar-refractivity contribution is -0.148. The summed E-state index contributed by atoms with van der Waals surface area (Å²) in [4.78, 5) is 25.4. The second-order valence-electron chi connectivity index (χ2n) is 6.87. The van der Waals surface area contributed by atoms with Crippen LogP contribution in [0.5, 0.6) is 0 Å². The van der Waals surface area contributed by atoms with Gasteiger partial charge in [0.05, 0.1) is 19.8 Å². The van der Waals surface area contributed by atoms with Crippen molar-refractivity contribution >= 4 is 12.1 Å². The maximum absolute atomic E-state index is 12.1. The summed E-state index contributed by atoms with van der Waals surface area (Å²) in [6.45, 7) is 5.11. The first-order valence-electron chi connectivity index (χ1n) is 10.2. The van der Waals surface area contributed by atoms with Crippen molar-refractivity contribution in [1.29, 1.82) is 0 Å². The highest BCUT2D eigenvalue weighted by atomic mass is 16.6. The zero-order valence-corrected chi connectivity index (χ0v) is 17.5. The van der Waals surface area contributed by atoms with Crippen molar-refractivity contribution in [3.05, 3.63) is 35.9 Å². The summed E-state index contributed by atoms with van der Waals surface area (Å²) in [5.74, 6) is -0.409. The fraction of sp³-hybridized carbons (Fsp3) is 0.636. The molecule has 28 heavy (non-hydrogen) atoms. The summed E-state index contributed by atoms with van der Waals surface area (Å²) in [7, 11) is 1.53. The molecule has 0 saturated heterocycles. The number of rotatable bonds is 14. The molecule has 0 heterocycles. The Bertz CT molecular complexity index is 549. The van der Waals surface area contributed by atoms with E-state index in [0.29, 0.717) is 19.8 Å². The highest BCUT2D eigenvalue weighted by Gasteiger charge is 2.24. The minimum absolute atomic E-state index is 0.134. The van der Waals surface area contributed by atoms with Gasteiger partial charge in [0.2, 0.25) is 0 Å². The Morgan fingerprint density at radius 2 is 1.61 bits per heavy atom. The van der Waals surface area contributed by atoms with E-state index in [1.54, 1.807) is 6.92 Å². The number of carbonyl (C=O) groups excluding carboxylic acids is 2. The zero-order valence-electron chi connectivity index (χ0n) is 17.5. The largest absolute Gasteiger partial charge is 0.464 e. The summed E-state index contributed by atoms with van der Waals surface area (Å²) < 4.78 is 15.9. The SMILES string of the molecule is CCCCCCCCOC(=O)C(C)N(C)C(=O)OCCOCc1ccccc1. The van der Waals surface area contributed by atoms with Gasteiger partial charge in [0.1, 0.15) is 12.6 Å². The van der Waals surface area contributed by atoms with E-state index in [4.69, 9.17) is 14.2 Å². The molecule has 1 atom stereocenters. The number of hydrogen-bond acceptors (Lipinski definition) is 5.